The molecule has 0 radical (unpaired) electrons. The highest BCUT2D eigenvalue weighted by Crippen LogP contribution is 2.22. The Kier molecular flexibility index (Phi) is 5.50. The standard InChI is InChI=1S/C16H19F2NO2S/c1-11(8-21-13-3-4-14(17)15(18)7-13)19-10-16(2,20)12-5-6-22-9-12/h3-7,9,11,19-20H,8,10H2,1-2H3. The maximum atomic E-state index is 13.1. The van der Waals surface area contributed by atoms with E-state index in [4.69, 9.17) is 4.74 Å². The lowest BCUT2D eigenvalue weighted by atomic mass is 9.99. The smallest absolute Gasteiger partial charge is 0.162 e. The van der Waals surface area contributed by atoms with E-state index in [1.54, 1.807) is 6.92 Å². The number of benzene rings is 1. The number of rotatable bonds is 7. The quantitative estimate of drug-likeness (QED) is 0.820. The van der Waals surface area contributed by atoms with Gasteiger partial charge in [0.2, 0.25) is 0 Å². The minimum absolute atomic E-state index is 0.0572. The van der Waals surface area contributed by atoms with Crippen LogP contribution in [0.15, 0.2) is 35.0 Å². The van der Waals surface area contributed by atoms with Crippen molar-refractivity contribution in [2.45, 2.75) is 25.5 Å². The summed E-state index contributed by atoms with van der Waals surface area (Å²) in [5.41, 5.74) is -0.102. The molecule has 0 aliphatic carbocycles. The van der Waals surface area contributed by atoms with Crippen LogP contribution in [-0.2, 0) is 5.60 Å². The first kappa shape index (κ1) is 16.9. The number of hydrogen-bond donors (Lipinski definition) is 2. The van der Waals surface area contributed by atoms with Crippen molar-refractivity contribution in [3.8, 4) is 5.75 Å². The molecular weight excluding hydrogens is 308 g/mol. The van der Waals surface area contributed by atoms with Gasteiger partial charge in [-0.25, -0.2) is 8.78 Å². The fraction of sp³-hybridized carbons (Fsp3) is 0.375. The lowest BCUT2D eigenvalue weighted by Crippen LogP contribution is -2.41. The predicted octanol–water partition coefficient (Wildman–Crippen LogP) is 3.29. The van der Waals surface area contributed by atoms with Gasteiger partial charge in [0.15, 0.2) is 11.6 Å². The van der Waals surface area contributed by atoms with Crippen LogP contribution in [0.25, 0.3) is 0 Å². The third-order valence-electron chi connectivity index (χ3n) is 3.33. The molecule has 0 spiro atoms. The van der Waals surface area contributed by atoms with Crippen LogP contribution >= 0.6 is 11.3 Å². The second kappa shape index (κ2) is 7.17. The highest BCUT2D eigenvalue weighted by molar-refractivity contribution is 7.08. The van der Waals surface area contributed by atoms with E-state index in [0.717, 1.165) is 17.7 Å². The first-order chi connectivity index (χ1) is 10.4. The summed E-state index contributed by atoms with van der Waals surface area (Å²) in [5, 5.41) is 17.4. The molecule has 0 bridgehead atoms. The lowest BCUT2D eigenvalue weighted by Gasteiger charge is -2.25. The Labute approximate surface area is 132 Å². The largest absolute Gasteiger partial charge is 0.492 e. The topological polar surface area (TPSA) is 41.5 Å². The summed E-state index contributed by atoms with van der Waals surface area (Å²) in [6, 6.07) is 5.26. The molecule has 22 heavy (non-hydrogen) atoms. The van der Waals surface area contributed by atoms with Crippen LogP contribution < -0.4 is 10.1 Å². The molecule has 2 N–H and O–H groups in total. The molecule has 1 aromatic carbocycles. The Hall–Kier alpha value is -1.50. The minimum atomic E-state index is -0.962. The molecule has 6 heteroatoms. The number of halogens is 2. The third kappa shape index (κ3) is 4.50. The molecular formula is C16H19F2NO2S. The summed E-state index contributed by atoms with van der Waals surface area (Å²) in [5.74, 6) is -1.55. The van der Waals surface area contributed by atoms with E-state index in [2.05, 4.69) is 5.32 Å². The van der Waals surface area contributed by atoms with Gasteiger partial charge in [0.1, 0.15) is 12.4 Å². The van der Waals surface area contributed by atoms with Crippen molar-refractivity contribution >= 4 is 11.3 Å². The summed E-state index contributed by atoms with van der Waals surface area (Å²) in [6.45, 7) is 4.28. The second-order valence-electron chi connectivity index (χ2n) is 5.45. The Morgan fingerprint density at radius 2 is 2.09 bits per heavy atom. The van der Waals surface area contributed by atoms with Crippen molar-refractivity contribution in [1.82, 2.24) is 5.32 Å². The lowest BCUT2D eigenvalue weighted by molar-refractivity contribution is 0.0528. The van der Waals surface area contributed by atoms with Gasteiger partial charge in [-0.2, -0.15) is 11.3 Å². The van der Waals surface area contributed by atoms with E-state index >= 15 is 0 Å². The van der Waals surface area contributed by atoms with Gasteiger partial charge in [0.05, 0.1) is 5.60 Å². The van der Waals surface area contributed by atoms with Crippen LogP contribution in [0.3, 0.4) is 0 Å². The molecule has 0 saturated carbocycles. The average molecular weight is 327 g/mol. The maximum Gasteiger partial charge on any atom is 0.162 e. The fourth-order valence-electron chi connectivity index (χ4n) is 1.89. The summed E-state index contributed by atoms with van der Waals surface area (Å²) >= 11 is 1.53. The molecule has 2 aromatic rings. The molecule has 0 amide bonds. The molecule has 0 saturated heterocycles. The molecule has 2 unspecified atom stereocenters. The van der Waals surface area contributed by atoms with Gasteiger partial charge in [-0.05, 0) is 48.4 Å². The third-order valence-corrected chi connectivity index (χ3v) is 4.01. The van der Waals surface area contributed by atoms with Crippen LogP contribution in [0.1, 0.15) is 19.4 Å². The zero-order chi connectivity index (χ0) is 16.2. The van der Waals surface area contributed by atoms with Gasteiger partial charge >= 0.3 is 0 Å². The van der Waals surface area contributed by atoms with Crippen molar-refractivity contribution in [3.05, 3.63) is 52.2 Å². The molecule has 1 heterocycles. The zero-order valence-corrected chi connectivity index (χ0v) is 13.3. The van der Waals surface area contributed by atoms with E-state index in [0.29, 0.717) is 6.54 Å². The summed E-state index contributed by atoms with van der Waals surface area (Å²) < 4.78 is 31.3. The van der Waals surface area contributed by atoms with Gasteiger partial charge < -0.3 is 15.2 Å². The monoisotopic (exact) mass is 327 g/mol. The Balaban J connectivity index is 1.80. The number of thiophene rings is 1. The predicted molar refractivity (Wildman–Crippen MR) is 83.2 cm³/mol. The SMILES string of the molecule is CC(COc1ccc(F)c(F)c1)NCC(C)(O)c1ccsc1. The molecule has 1 aromatic heterocycles. The molecule has 2 rings (SSSR count). The average Bonchev–Trinajstić information content (AvgIpc) is 3.01. The molecule has 120 valence electrons. The van der Waals surface area contributed by atoms with Gasteiger partial charge in [-0.3, -0.25) is 0 Å². The Morgan fingerprint density at radius 3 is 2.73 bits per heavy atom. The highest BCUT2D eigenvalue weighted by Gasteiger charge is 2.23. The van der Waals surface area contributed by atoms with E-state index in [9.17, 15) is 13.9 Å². The van der Waals surface area contributed by atoms with E-state index in [1.807, 2.05) is 23.8 Å². The Morgan fingerprint density at radius 1 is 1.32 bits per heavy atom. The summed E-state index contributed by atoms with van der Waals surface area (Å²) in [4.78, 5) is 0. The van der Waals surface area contributed by atoms with Crippen LogP contribution in [0.2, 0.25) is 0 Å². The molecule has 2 atom stereocenters. The van der Waals surface area contributed by atoms with Gasteiger partial charge in [0, 0.05) is 18.7 Å². The van der Waals surface area contributed by atoms with Crippen LogP contribution in [0.4, 0.5) is 8.78 Å². The van der Waals surface area contributed by atoms with Crippen LogP contribution in [-0.4, -0.2) is 24.3 Å². The highest BCUT2D eigenvalue weighted by atomic mass is 32.1. The first-order valence-electron chi connectivity index (χ1n) is 6.95. The van der Waals surface area contributed by atoms with Crippen molar-refractivity contribution < 1.29 is 18.6 Å². The van der Waals surface area contributed by atoms with Gasteiger partial charge in [-0.1, -0.05) is 0 Å². The second-order valence-corrected chi connectivity index (χ2v) is 6.23. The first-order valence-corrected chi connectivity index (χ1v) is 7.89. The Bertz CT molecular complexity index is 602. The van der Waals surface area contributed by atoms with Crippen LogP contribution in [0, 0.1) is 11.6 Å². The maximum absolute atomic E-state index is 13.1. The van der Waals surface area contributed by atoms with Crippen LogP contribution in [0.5, 0.6) is 5.75 Å². The van der Waals surface area contributed by atoms with Crippen molar-refractivity contribution in [1.29, 1.82) is 0 Å². The van der Waals surface area contributed by atoms with Crippen molar-refractivity contribution in [3.63, 3.8) is 0 Å². The van der Waals surface area contributed by atoms with Gasteiger partial charge in [0.25, 0.3) is 0 Å². The number of aliphatic hydroxyl groups is 1. The van der Waals surface area contributed by atoms with E-state index in [-0.39, 0.29) is 18.4 Å². The molecule has 0 fully saturated rings. The van der Waals surface area contributed by atoms with Crippen molar-refractivity contribution in [2.75, 3.05) is 13.2 Å². The molecule has 0 aliphatic rings. The number of nitrogens with one attached hydrogen (secondary N) is 1. The fourth-order valence-corrected chi connectivity index (χ4v) is 2.68. The van der Waals surface area contributed by atoms with Crippen molar-refractivity contribution in [2.24, 2.45) is 0 Å². The molecule has 0 aliphatic heterocycles. The minimum Gasteiger partial charge on any atom is -0.492 e. The number of ether oxygens (including phenoxy) is 1. The summed E-state index contributed by atoms with van der Waals surface area (Å²) in [6.07, 6.45) is 0. The normalized spacial score (nSPS) is 15.3. The van der Waals surface area contributed by atoms with E-state index in [1.165, 1.54) is 17.4 Å². The molecule has 3 nitrogen and oxygen atoms in total. The summed E-state index contributed by atoms with van der Waals surface area (Å²) in [7, 11) is 0. The zero-order valence-electron chi connectivity index (χ0n) is 12.5. The van der Waals surface area contributed by atoms with Gasteiger partial charge in [-0.15, -0.1) is 0 Å². The van der Waals surface area contributed by atoms with E-state index < -0.39 is 17.2 Å². The number of hydrogen-bond acceptors (Lipinski definition) is 4.